The number of halogens is 1. The van der Waals surface area contributed by atoms with Crippen LogP contribution in [0.1, 0.15) is 45.6 Å². The van der Waals surface area contributed by atoms with Crippen LogP contribution in [-0.4, -0.2) is 94.6 Å². The van der Waals surface area contributed by atoms with Gasteiger partial charge in [0.15, 0.2) is 17.3 Å². The van der Waals surface area contributed by atoms with E-state index in [-0.39, 0.29) is 73.9 Å². The standard InChI is InChI=1S/C27H35FN10O8P2S/c1-14(2)25(40)34-27-33-24-22(26(41)35-27)36-37-38(24)18-8-15(11-39)9-19(18)46-48(49,44-7-3-5-29)45-12-16-10-17(21(28)23(16)47(42)43)32-20-4-6-30-13-31-20/h4,6,13-19,21,23,39H,3,7-12H2,1-2H3,(H3-,30,31,32,33,34,35,37,40,41,42,43)/p+1/t15?,16-,17-,18-,19-,21+,23-,48?/m1/s1. The molecule has 2 fully saturated rings. The minimum atomic E-state index is -3.75. The Morgan fingerprint density at radius 1 is 1.35 bits per heavy atom. The molecule has 5 rings (SSSR count). The van der Waals surface area contributed by atoms with E-state index in [1.807, 2.05) is 6.07 Å². The van der Waals surface area contributed by atoms with Gasteiger partial charge in [0.2, 0.25) is 17.5 Å². The maximum absolute atomic E-state index is 15.5. The highest BCUT2D eigenvalue weighted by Gasteiger charge is 2.55. The molecule has 3 aromatic rings. The van der Waals surface area contributed by atoms with E-state index in [0.717, 1.165) is 0 Å². The van der Waals surface area contributed by atoms with Crippen molar-refractivity contribution in [3.8, 4) is 6.07 Å². The summed E-state index contributed by atoms with van der Waals surface area (Å²) in [4.78, 5) is 49.9. The van der Waals surface area contributed by atoms with E-state index in [9.17, 15) is 24.2 Å². The second-order valence-corrected chi connectivity index (χ2v) is 16.2. The van der Waals surface area contributed by atoms with E-state index in [0.29, 0.717) is 12.2 Å². The number of hydrogen-bond donors (Lipinski definition) is 5. The van der Waals surface area contributed by atoms with Gasteiger partial charge in [0.1, 0.15) is 12.1 Å². The lowest BCUT2D eigenvalue weighted by Crippen LogP contribution is -2.30. The average Bonchev–Trinajstić information content (AvgIpc) is 3.75. The summed E-state index contributed by atoms with van der Waals surface area (Å²) < 4.78 is 47.4. The molecule has 3 aromatic heterocycles. The molecule has 1 amide bonds. The molecule has 0 saturated heterocycles. The molecule has 0 aromatic carbocycles. The predicted molar refractivity (Wildman–Crippen MR) is 176 cm³/mol. The highest BCUT2D eigenvalue weighted by atomic mass is 32.5. The fraction of sp³-hybridized carbons (Fsp3) is 0.630. The largest absolute Gasteiger partial charge is 0.512 e. The number of alkyl halides is 1. The zero-order valence-electron chi connectivity index (χ0n) is 26.5. The first-order valence-corrected chi connectivity index (χ1v) is 19.3. The normalized spacial score (nSPS) is 26.8. The fourth-order valence-electron chi connectivity index (χ4n) is 5.90. The van der Waals surface area contributed by atoms with Gasteiger partial charge in [0, 0.05) is 24.6 Å². The van der Waals surface area contributed by atoms with Crippen molar-refractivity contribution in [2.24, 2.45) is 17.8 Å². The monoisotopic (exact) mass is 741 g/mol. The van der Waals surface area contributed by atoms with Crippen LogP contribution in [0.25, 0.3) is 11.2 Å². The van der Waals surface area contributed by atoms with E-state index in [2.05, 4.69) is 40.9 Å². The number of aromatic nitrogens is 7. The van der Waals surface area contributed by atoms with Gasteiger partial charge in [-0.25, -0.2) is 19.0 Å². The maximum Gasteiger partial charge on any atom is 0.512 e. The quantitative estimate of drug-likeness (QED) is 0.111. The number of aromatic amines is 1. The molecule has 18 nitrogen and oxygen atoms in total. The van der Waals surface area contributed by atoms with Gasteiger partial charge in [-0.2, -0.15) is 15.1 Å². The minimum Gasteiger partial charge on any atom is -0.396 e. The van der Waals surface area contributed by atoms with Crippen molar-refractivity contribution in [3.63, 3.8) is 0 Å². The molecule has 49 heavy (non-hydrogen) atoms. The van der Waals surface area contributed by atoms with Crippen LogP contribution in [0, 0.1) is 29.1 Å². The molecule has 2 aliphatic carbocycles. The Bertz CT molecular complexity index is 1800. The number of fused-ring (bicyclic) bond motifs is 1. The van der Waals surface area contributed by atoms with Crippen LogP contribution in [0.5, 0.6) is 0 Å². The number of anilines is 2. The SMILES string of the molecule is CC(C)C(=O)Nc1nc2c(nnn2[C@@H]2CC(CO)C[C@H]2OP(=S)(OCCC#N)OC[C@H]2C[C@@H](Nc3ccncn3)[C@H](F)[C@@H]2[P+](=O)O)c(=O)[nH]1. The predicted octanol–water partition coefficient (Wildman–Crippen LogP) is 2.34. The molecule has 3 unspecified atom stereocenters. The Kier molecular flexibility index (Phi) is 12.1. The van der Waals surface area contributed by atoms with Gasteiger partial charge < -0.3 is 24.0 Å². The molecule has 0 radical (unpaired) electrons. The van der Waals surface area contributed by atoms with Crippen molar-refractivity contribution in [2.45, 2.75) is 69.5 Å². The van der Waals surface area contributed by atoms with Crippen LogP contribution in [0.3, 0.4) is 0 Å². The third kappa shape index (κ3) is 8.67. The van der Waals surface area contributed by atoms with Gasteiger partial charge in [0.05, 0.1) is 43.9 Å². The van der Waals surface area contributed by atoms with Crippen molar-refractivity contribution >= 4 is 55.4 Å². The maximum atomic E-state index is 15.5. The van der Waals surface area contributed by atoms with Crippen LogP contribution in [0.2, 0.25) is 0 Å². The van der Waals surface area contributed by atoms with Gasteiger partial charge in [-0.3, -0.25) is 19.9 Å². The number of rotatable bonds is 15. The summed E-state index contributed by atoms with van der Waals surface area (Å²) in [5, 5.41) is 32.8. The number of nitrogens with one attached hydrogen (secondary N) is 3. The van der Waals surface area contributed by atoms with Crippen molar-refractivity contribution in [2.75, 3.05) is 30.5 Å². The number of hydrogen-bond acceptors (Lipinski definition) is 15. The Hall–Kier alpha value is -3.40. The molecule has 264 valence electrons. The molecular weight excluding hydrogens is 705 g/mol. The molecule has 5 N–H and O–H groups in total. The summed E-state index contributed by atoms with van der Waals surface area (Å²) in [7, 11) is -2.96. The zero-order chi connectivity index (χ0) is 35.3. The van der Waals surface area contributed by atoms with Gasteiger partial charge in [0.25, 0.3) is 5.56 Å². The first kappa shape index (κ1) is 36.9. The summed E-state index contributed by atoms with van der Waals surface area (Å²) in [6.45, 7) is -1.03. The fourth-order valence-corrected chi connectivity index (χ4v) is 9.10. The summed E-state index contributed by atoms with van der Waals surface area (Å²) in [5.74, 6) is -1.58. The Labute approximate surface area is 285 Å². The molecule has 3 heterocycles. The first-order chi connectivity index (χ1) is 23.4. The van der Waals surface area contributed by atoms with E-state index < -0.39 is 56.2 Å². The molecule has 9 atom stereocenters. The number of H-pyrrole nitrogens is 1. The van der Waals surface area contributed by atoms with E-state index >= 15 is 4.39 Å². The second kappa shape index (κ2) is 16.1. The van der Waals surface area contributed by atoms with Crippen molar-refractivity contribution in [1.29, 1.82) is 5.26 Å². The summed E-state index contributed by atoms with van der Waals surface area (Å²) in [6, 6.07) is 1.97. The average molecular weight is 742 g/mol. The van der Waals surface area contributed by atoms with Gasteiger partial charge in [-0.15, -0.1) is 5.10 Å². The minimum absolute atomic E-state index is 0.0458. The number of aliphatic hydroxyl groups excluding tert-OH is 1. The Morgan fingerprint density at radius 3 is 2.82 bits per heavy atom. The van der Waals surface area contributed by atoms with Crippen LogP contribution in [0.4, 0.5) is 16.2 Å². The lowest BCUT2D eigenvalue weighted by Gasteiger charge is -2.29. The highest BCUT2D eigenvalue weighted by molar-refractivity contribution is 8.07. The number of carbonyl (C=O) groups excluding carboxylic acids is 1. The zero-order valence-corrected chi connectivity index (χ0v) is 29.1. The number of aliphatic hydroxyl groups is 1. The molecule has 0 aliphatic heterocycles. The van der Waals surface area contributed by atoms with Crippen LogP contribution in [0.15, 0.2) is 23.4 Å². The highest BCUT2D eigenvalue weighted by Crippen LogP contribution is 2.56. The molecule has 0 spiro atoms. The van der Waals surface area contributed by atoms with Crippen molar-refractivity contribution in [3.05, 3.63) is 28.9 Å². The van der Waals surface area contributed by atoms with Gasteiger partial charge in [-0.05, 0) is 47.6 Å². The van der Waals surface area contributed by atoms with Crippen molar-refractivity contribution < 1.29 is 37.3 Å². The third-order valence-electron chi connectivity index (χ3n) is 8.34. The molecular formula is C27H36FN10O8P2S+. The number of nitrogens with zero attached hydrogens (tertiary/aromatic N) is 7. The Balaban J connectivity index is 1.39. The van der Waals surface area contributed by atoms with E-state index in [1.54, 1.807) is 19.9 Å². The topological polar surface area (TPSA) is 252 Å². The second-order valence-electron chi connectivity index (χ2n) is 12.1. The first-order valence-electron chi connectivity index (χ1n) is 15.5. The molecule has 2 aliphatic rings. The summed E-state index contributed by atoms with van der Waals surface area (Å²) >= 11 is 5.77. The number of carbonyl (C=O) groups is 1. The summed E-state index contributed by atoms with van der Waals surface area (Å²) in [6.07, 6.45) is 0.860. The third-order valence-corrected chi connectivity index (χ3v) is 11.9. The lowest BCUT2D eigenvalue weighted by molar-refractivity contribution is -0.118. The molecule has 22 heteroatoms. The molecule has 0 bridgehead atoms. The Morgan fingerprint density at radius 2 is 2.14 bits per heavy atom. The van der Waals surface area contributed by atoms with Crippen molar-refractivity contribution in [1.82, 2.24) is 34.9 Å². The van der Waals surface area contributed by atoms with Crippen LogP contribution in [-0.2, 0) is 34.7 Å². The molecule has 2 saturated carbocycles. The van der Waals surface area contributed by atoms with Crippen LogP contribution < -0.4 is 16.2 Å². The number of nitriles is 1. The van der Waals surface area contributed by atoms with E-state index in [4.69, 9.17) is 30.6 Å². The lowest BCUT2D eigenvalue weighted by atomic mass is 10.1. The number of amides is 1. The van der Waals surface area contributed by atoms with Gasteiger partial charge >= 0.3 is 14.7 Å². The summed E-state index contributed by atoms with van der Waals surface area (Å²) in [5.41, 5.74) is -1.96. The smallest absolute Gasteiger partial charge is 0.396 e. The van der Waals surface area contributed by atoms with Crippen LogP contribution >= 0.6 is 14.7 Å². The van der Waals surface area contributed by atoms with Gasteiger partial charge in [-0.1, -0.05) is 19.1 Å². The van der Waals surface area contributed by atoms with E-state index in [1.165, 1.54) is 17.2 Å².